The van der Waals surface area contributed by atoms with Crippen molar-refractivity contribution in [3.8, 4) is 0 Å². The van der Waals surface area contributed by atoms with Crippen LogP contribution in [0.3, 0.4) is 0 Å². The summed E-state index contributed by atoms with van der Waals surface area (Å²) in [5.74, 6) is -2.13. The molecule has 0 aromatic carbocycles. The molecule has 0 radical (unpaired) electrons. The van der Waals surface area contributed by atoms with Crippen molar-refractivity contribution < 1.29 is 38.6 Å². The number of hydrogen-bond acceptors (Lipinski definition) is 16. The molecule has 0 bridgehead atoms. The summed E-state index contributed by atoms with van der Waals surface area (Å²) in [7, 11) is 0. The van der Waals surface area contributed by atoms with Crippen LogP contribution in [0.15, 0.2) is 33.3 Å². The molecule has 2 unspecified atom stereocenters. The quantitative estimate of drug-likeness (QED) is 0.0930. The summed E-state index contributed by atoms with van der Waals surface area (Å²) in [6.07, 6.45) is 0.894. The number of fused-ring (bicyclic) bond motifs is 1. The number of nitrogens with one attached hydrogen (secondary N) is 1. The molecule has 1 fully saturated rings. The summed E-state index contributed by atoms with van der Waals surface area (Å²) in [5.41, 5.74) is 6.10. The van der Waals surface area contributed by atoms with E-state index in [0.29, 0.717) is 11.3 Å². The fourth-order valence-corrected chi connectivity index (χ4v) is 5.82. The second-order valence-corrected chi connectivity index (χ2v) is 10.3. The third-order valence-electron chi connectivity index (χ3n) is 5.19. The van der Waals surface area contributed by atoms with Crippen molar-refractivity contribution in [2.24, 2.45) is 5.16 Å². The molecule has 0 aliphatic carbocycles. The predicted octanol–water partition coefficient (Wildman–Crippen LogP) is 1.18. The summed E-state index contributed by atoms with van der Waals surface area (Å²) >= 11 is 3.48. The van der Waals surface area contributed by atoms with Gasteiger partial charge in [-0.3, -0.25) is 14.5 Å². The largest absolute Gasteiger partial charge is 0.511 e. The minimum atomic E-state index is -1.31. The third kappa shape index (κ3) is 6.18. The zero-order chi connectivity index (χ0) is 28.1. The van der Waals surface area contributed by atoms with Crippen molar-refractivity contribution in [2.45, 2.75) is 31.6 Å². The van der Waals surface area contributed by atoms with Gasteiger partial charge in [-0.1, -0.05) is 15.7 Å². The first-order chi connectivity index (χ1) is 18.7. The van der Waals surface area contributed by atoms with Crippen LogP contribution < -0.4 is 11.1 Å². The molecule has 1 saturated heterocycles. The number of thioether (sulfide) groups is 1. The zero-order valence-corrected chi connectivity index (χ0v) is 22.7. The number of nitrogens with two attached hydrogens (primary N) is 1. The highest BCUT2D eigenvalue weighted by molar-refractivity contribution is 8.00. The van der Waals surface area contributed by atoms with E-state index in [2.05, 4.69) is 29.8 Å². The van der Waals surface area contributed by atoms with Gasteiger partial charge in [0.1, 0.15) is 22.8 Å². The number of esters is 1. The minimum absolute atomic E-state index is 0.0427. The molecule has 0 saturated carbocycles. The Hall–Kier alpha value is -4.03. The second-order valence-electron chi connectivity index (χ2n) is 7.69. The maximum atomic E-state index is 13.2. The molecule has 4 N–H and O–H groups in total. The Kier molecular flexibility index (Phi) is 8.77. The number of aromatic nitrogens is 3. The number of carbonyl (C=O) groups excluding carboxylic acids is 4. The number of rotatable bonds is 9. The smallest absolute Gasteiger partial charge is 0.435 e. The minimum Gasteiger partial charge on any atom is -0.435 e. The number of β-lactam (4-membered cyclic amide) rings is 1. The molecule has 2 aliphatic rings. The van der Waals surface area contributed by atoms with E-state index >= 15 is 0 Å². The lowest BCUT2D eigenvalue weighted by Gasteiger charge is -2.49. The van der Waals surface area contributed by atoms with E-state index in [1.807, 2.05) is 0 Å². The van der Waals surface area contributed by atoms with Gasteiger partial charge in [0.05, 0.1) is 12.3 Å². The normalized spacial score (nSPS) is 19.8. The molecule has 4 heterocycles. The van der Waals surface area contributed by atoms with E-state index in [0.717, 1.165) is 22.9 Å². The van der Waals surface area contributed by atoms with E-state index in [1.54, 1.807) is 24.5 Å². The molecule has 4 rings (SSSR count). The number of ether oxygens (including phenoxy) is 3. The predicted molar refractivity (Wildman–Crippen MR) is 140 cm³/mol. The lowest BCUT2D eigenvalue weighted by molar-refractivity contribution is -0.168. The van der Waals surface area contributed by atoms with Crippen LogP contribution in [0.4, 0.5) is 9.93 Å². The Bertz CT molecular complexity index is 1360. The molecule has 3 atom stereocenters. The lowest BCUT2D eigenvalue weighted by Crippen LogP contribution is -2.71. The van der Waals surface area contributed by atoms with Gasteiger partial charge in [0.25, 0.3) is 11.8 Å². The molecular weight excluding hydrogens is 574 g/mol. The van der Waals surface area contributed by atoms with E-state index in [4.69, 9.17) is 15.2 Å². The maximum absolute atomic E-state index is 13.2. The standard InChI is InChI=1S/C21H21N7O8S3/c1-3-34-21(32)36-9(2)35-19(31)15-10(4-5-11-7-39-27-25-11)6-37-18-14(17(30)28(15)18)24-16(29)13(26-33)12-8-38-20(22)23-12/h4-5,7-9,14,18,33H,3,6H2,1-2H3,(H2,22,23)(H,24,29)/b5-4+,26-13-/t9?,14?,18-/m1/s1. The van der Waals surface area contributed by atoms with Crippen LogP contribution in [-0.4, -0.2) is 84.4 Å². The summed E-state index contributed by atoms with van der Waals surface area (Å²) in [4.78, 5) is 55.9. The Morgan fingerprint density at radius 1 is 1.33 bits per heavy atom. The van der Waals surface area contributed by atoms with Gasteiger partial charge in [0, 0.05) is 23.4 Å². The van der Waals surface area contributed by atoms with E-state index < -0.39 is 47.4 Å². The van der Waals surface area contributed by atoms with Gasteiger partial charge in [-0.15, -0.1) is 28.2 Å². The first kappa shape index (κ1) is 28.0. The van der Waals surface area contributed by atoms with E-state index in [-0.39, 0.29) is 28.9 Å². The van der Waals surface area contributed by atoms with Crippen LogP contribution in [0.5, 0.6) is 0 Å². The molecule has 18 heteroatoms. The molecule has 206 valence electrons. The highest BCUT2D eigenvalue weighted by Gasteiger charge is 2.54. The van der Waals surface area contributed by atoms with Gasteiger partial charge < -0.3 is 30.5 Å². The van der Waals surface area contributed by atoms with Crippen molar-refractivity contribution >= 4 is 75.5 Å². The number of anilines is 1. The lowest BCUT2D eigenvalue weighted by atomic mass is 10.0. The monoisotopic (exact) mass is 595 g/mol. The Morgan fingerprint density at radius 2 is 2.13 bits per heavy atom. The van der Waals surface area contributed by atoms with Gasteiger partial charge in [-0.25, -0.2) is 14.6 Å². The number of carbonyl (C=O) groups is 4. The Morgan fingerprint density at radius 3 is 2.77 bits per heavy atom. The molecule has 2 aliphatic heterocycles. The SMILES string of the molecule is CCOC(=O)OC(C)OC(=O)C1=C(/C=C/c2csnn2)CS[C@@H]2C(NC(=O)/C(=N\O)c3csc(N)n3)C(=O)N12. The van der Waals surface area contributed by atoms with Crippen LogP contribution >= 0.6 is 34.6 Å². The van der Waals surface area contributed by atoms with Crippen LogP contribution in [0.1, 0.15) is 25.2 Å². The summed E-state index contributed by atoms with van der Waals surface area (Å²) in [6, 6.07) is -1.04. The number of thiazole rings is 1. The van der Waals surface area contributed by atoms with Crippen molar-refractivity contribution in [2.75, 3.05) is 18.1 Å². The molecule has 2 amide bonds. The van der Waals surface area contributed by atoms with Crippen LogP contribution in [0.25, 0.3) is 6.08 Å². The van der Waals surface area contributed by atoms with Gasteiger partial charge in [-0.05, 0) is 30.1 Å². The van der Waals surface area contributed by atoms with Crippen molar-refractivity contribution in [3.05, 3.63) is 39.5 Å². The van der Waals surface area contributed by atoms with Crippen molar-refractivity contribution in [1.82, 2.24) is 24.8 Å². The fourth-order valence-electron chi connectivity index (χ4n) is 3.53. The molecule has 0 spiro atoms. The molecule has 2 aromatic heterocycles. The second kappa shape index (κ2) is 12.2. The summed E-state index contributed by atoms with van der Waals surface area (Å²) < 4.78 is 18.6. The van der Waals surface area contributed by atoms with Crippen molar-refractivity contribution in [3.63, 3.8) is 0 Å². The molecule has 15 nitrogen and oxygen atoms in total. The first-order valence-corrected chi connectivity index (χ1v) is 13.9. The summed E-state index contributed by atoms with van der Waals surface area (Å²) in [5, 5.41) is 21.4. The van der Waals surface area contributed by atoms with E-state index in [1.165, 1.54) is 29.0 Å². The highest BCUT2D eigenvalue weighted by Crippen LogP contribution is 2.41. The van der Waals surface area contributed by atoms with Gasteiger partial charge in [-0.2, -0.15) is 0 Å². The van der Waals surface area contributed by atoms with Gasteiger partial charge in [0.15, 0.2) is 10.8 Å². The van der Waals surface area contributed by atoms with Crippen molar-refractivity contribution in [1.29, 1.82) is 0 Å². The van der Waals surface area contributed by atoms with E-state index in [9.17, 15) is 24.4 Å². The molecule has 39 heavy (non-hydrogen) atoms. The van der Waals surface area contributed by atoms with Crippen LogP contribution in [0, 0.1) is 0 Å². The topological polar surface area (TPSA) is 209 Å². The molecule has 2 aromatic rings. The first-order valence-electron chi connectivity index (χ1n) is 11.1. The number of nitrogens with zero attached hydrogens (tertiary/aromatic N) is 5. The number of amides is 2. The number of hydrogen-bond donors (Lipinski definition) is 3. The Balaban J connectivity index is 1.54. The number of nitrogen functional groups attached to an aromatic ring is 1. The summed E-state index contributed by atoms with van der Waals surface area (Å²) in [6.45, 7) is 2.98. The maximum Gasteiger partial charge on any atom is 0.511 e. The fraction of sp³-hybridized carbons (Fsp3) is 0.333. The number of allylic oxidation sites excluding steroid dienone is 1. The molecular formula is C21H21N7O8S3. The third-order valence-corrected chi connectivity index (χ3v) is 7.69. The highest BCUT2D eigenvalue weighted by atomic mass is 32.2. The average molecular weight is 596 g/mol. The van der Waals surface area contributed by atoms with Gasteiger partial charge in [0.2, 0.25) is 6.29 Å². The number of oxime groups is 1. The average Bonchev–Trinajstić information content (AvgIpc) is 3.57. The van der Waals surface area contributed by atoms with Gasteiger partial charge >= 0.3 is 12.1 Å². The Labute approximate surface area is 232 Å². The van der Waals surface area contributed by atoms with Crippen LogP contribution in [0.2, 0.25) is 0 Å². The van der Waals surface area contributed by atoms with Crippen LogP contribution in [-0.2, 0) is 28.6 Å². The zero-order valence-electron chi connectivity index (χ0n) is 20.3.